The fourth-order valence-electron chi connectivity index (χ4n) is 1.61. The number of carbonyl (C=O) groups excluding carboxylic acids is 1. The van der Waals surface area contributed by atoms with E-state index in [0.29, 0.717) is 6.42 Å². The Morgan fingerprint density at radius 3 is 3.08 bits per heavy atom. The molecular weight excluding hydrogens is 164 g/mol. The third-order valence-electron chi connectivity index (χ3n) is 2.28. The van der Waals surface area contributed by atoms with Gasteiger partial charge in [0.2, 0.25) is 5.91 Å². The largest absolute Gasteiger partial charge is 0.348 e. The van der Waals surface area contributed by atoms with Gasteiger partial charge >= 0.3 is 0 Å². The second-order valence-electron chi connectivity index (χ2n) is 3.27. The molecule has 1 fully saturated rings. The summed E-state index contributed by atoms with van der Waals surface area (Å²) in [5.41, 5.74) is 0.968. The number of nitrogens with zero attached hydrogens (tertiary/aromatic N) is 1. The van der Waals surface area contributed by atoms with E-state index in [1.54, 1.807) is 6.20 Å². The van der Waals surface area contributed by atoms with Crippen molar-refractivity contribution < 1.29 is 4.79 Å². The molecule has 13 heavy (non-hydrogen) atoms. The van der Waals surface area contributed by atoms with E-state index in [-0.39, 0.29) is 11.9 Å². The van der Waals surface area contributed by atoms with Crippen LogP contribution in [0.1, 0.15) is 31.0 Å². The molecule has 68 valence electrons. The van der Waals surface area contributed by atoms with E-state index >= 15 is 0 Å². The molecule has 2 heterocycles. The van der Waals surface area contributed by atoms with Crippen LogP contribution >= 0.6 is 0 Å². The number of rotatable bonds is 1. The Bertz CT molecular complexity index is 297. The van der Waals surface area contributed by atoms with Gasteiger partial charge < -0.3 is 5.32 Å². The topological polar surface area (TPSA) is 42.0 Å². The molecule has 1 amide bonds. The minimum absolute atomic E-state index is 0.127. The normalized spacial score (nSPS) is 22.5. The third kappa shape index (κ3) is 1.86. The van der Waals surface area contributed by atoms with E-state index < -0.39 is 0 Å². The highest BCUT2D eigenvalue weighted by molar-refractivity contribution is 5.77. The molecule has 1 aromatic rings. The zero-order valence-corrected chi connectivity index (χ0v) is 7.36. The molecule has 0 radical (unpaired) electrons. The van der Waals surface area contributed by atoms with Gasteiger partial charge in [-0.3, -0.25) is 9.78 Å². The summed E-state index contributed by atoms with van der Waals surface area (Å²) < 4.78 is 0. The van der Waals surface area contributed by atoms with Gasteiger partial charge in [-0.25, -0.2) is 0 Å². The molecule has 0 saturated carbocycles. The fraction of sp³-hybridized carbons (Fsp3) is 0.400. The lowest BCUT2D eigenvalue weighted by Gasteiger charge is -2.22. The van der Waals surface area contributed by atoms with Crippen molar-refractivity contribution in [3.05, 3.63) is 30.1 Å². The van der Waals surface area contributed by atoms with Crippen molar-refractivity contribution in [2.75, 3.05) is 0 Å². The van der Waals surface area contributed by atoms with Crippen LogP contribution in [0.25, 0.3) is 0 Å². The summed E-state index contributed by atoms with van der Waals surface area (Å²) >= 11 is 0. The molecule has 1 N–H and O–H groups in total. The van der Waals surface area contributed by atoms with Gasteiger partial charge in [-0.05, 0) is 25.0 Å². The van der Waals surface area contributed by atoms with Gasteiger partial charge in [0.1, 0.15) is 0 Å². The fourth-order valence-corrected chi connectivity index (χ4v) is 1.61. The summed E-state index contributed by atoms with van der Waals surface area (Å²) in [6, 6.07) is 5.91. The Kier molecular flexibility index (Phi) is 2.25. The molecule has 0 spiro atoms. The number of piperidine rings is 1. The minimum Gasteiger partial charge on any atom is -0.348 e. The second-order valence-corrected chi connectivity index (χ2v) is 3.27. The van der Waals surface area contributed by atoms with Crippen molar-refractivity contribution in [1.29, 1.82) is 0 Å². The van der Waals surface area contributed by atoms with Gasteiger partial charge in [0.15, 0.2) is 0 Å². The molecule has 1 aliphatic rings. The molecule has 3 nitrogen and oxygen atoms in total. The lowest BCUT2D eigenvalue weighted by molar-refractivity contribution is -0.123. The molecule has 3 heteroatoms. The Labute approximate surface area is 77.2 Å². The zero-order valence-electron chi connectivity index (χ0n) is 7.36. The first-order valence-corrected chi connectivity index (χ1v) is 4.56. The van der Waals surface area contributed by atoms with Crippen molar-refractivity contribution in [1.82, 2.24) is 10.3 Å². The van der Waals surface area contributed by atoms with Gasteiger partial charge in [-0.15, -0.1) is 0 Å². The molecule has 1 atom stereocenters. The van der Waals surface area contributed by atoms with Crippen LogP contribution in [0.2, 0.25) is 0 Å². The monoisotopic (exact) mass is 176 g/mol. The molecule has 2 rings (SSSR count). The lowest BCUT2D eigenvalue weighted by Crippen LogP contribution is -2.32. The molecule has 0 aromatic carbocycles. The highest BCUT2D eigenvalue weighted by Gasteiger charge is 2.19. The zero-order chi connectivity index (χ0) is 9.10. The van der Waals surface area contributed by atoms with Crippen LogP contribution in [0.15, 0.2) is 24.4 Å². The summed E-state index contributed by atoms with van der Waals surface area (Å²) in [6.45, 7) is 0. The molecule has 1 saturated heterocycles. The van der Waals surface area contributed by atoms with E-state index in [9.17, 15) is 4.79 Å². The maximum Gasteiger partial charge on any atom is 0.220 e. The first-order valence-electron chi connectivity index (χ1n) is 4.56. The van der Waals surface area contributed by atoms with E-state index in [4.69, 9.17) is 0 Å². The Morgan fingerprint density at radius 1 is 1.46 bits per heavy atom. The number of carbonyl (C=O) groups is 1. The number of hydrogen-bond acceptors (Lipinski definition) is 2. The van der Waals surface area contributed by atoms with Crippen molar-refractivity contribution in [3.8, 4) is 0 Å². The van der Waals surface area contributed by atoms with Crippen LogP contribution in [0.4, 0.5) is 0 Å². The summed E-state index contributed by atoms with van der Waals surface area (Å²) in [6.07, 6.45) is 4.38. The predicted molar refractivity (Wildman–Crippen MR) is 49.0 cm³/mol. The standard InChI is InChI=1S/C10H12N2O/c13-10-6-3-5-9(12-10)8-4-1-2-7-11-8/h1-2,4,7,9H,3,5-6H2,(H,12,13)/t9-/m1/s1. The van der Waals surface area contributed by atoms with E-state index in [1.165, 1.54) is 0 Å². The lowest BCUT2D eigenvalue weighted by atomic mass is 10.0. The average Bonchev–Trinajstić information content (AvgIpc) is 2.19. The SMILES string of the molecule is O=C1CCC[C@H](c2ccccn2)N1. The van der Waals surface area contributed by atoms with E-state index in [2.05, 4.69) is 10.3 Å². The quantitative estimate of drug-likeness (QED) is 0.703. The number of amides is 1. The molecule has 1 aromatic heterocycles. The van der Waals surface area contributed by atoms with Gasteiger partial charge in [0.05, 0.1) is 11.7 Å². The molecule has 0 bridgehead atoms. The maximum absolute atomic E-state index is 11.1. The van der Waals surface area contributed by atoms with Gasteiger partial charge in [-0.2, -0.15) is 0 Å². The van der Waals surface area contributed by atoms with Crippen molar-refractivity contribution in [3.63, 3.8) is 0 Å². The van der Waals surface area contributed by atoms with Crippen molar-refractivity contribution in [2.24, 2.45) is 0 Å². The maximum atomic E-state index is 11.1. The number of nitrogens with one attached hydrogen (secondary N) is 1. The summed E-state index contributed by atoms with van der Waals surface area (Å²) in [5, 5.41) is 2.93. The van der Waals surface area contributed by atoms with Crippen LogP contribution in [0.5, 0.6) is 0 Å². The number of aromatic nitrogens is 1. The Hall–Kier alpha value is -1.38. The Morgan fingerprint density at radius 2 is 2.38 bits per heavy atom. The average molecular weight is 176 g/mol. The van der Waals surface area contributed by atoms with Crippen LogP contribution in [-0.2, 0) is 4.79 Å². The second kappa shape index (κ2) is 3.56. The molecule has 0 aliphatic carbocycles. The Balaban J connectivity index is 2.13. The van der Waals surface area contributed by atoms with E-state index in [0.717, 1.165) is 18.5 Å². The van der Waals surface area contributed by atoms with Gasteiger partial charge in [0.25, 0.3) is 0 Å². The minimum atomic E-state index is 0.127. The van der Waals surface area contributed by atoms with Crippen molar-refractivity contribution >= 4 is 5.91 Å². The molecule has 0 unspecified atom stereocenters. The third-order valence-corrected chi connectivity index (χ3v) is 2.28. The van der Waals surface area contributed by atoms with Gasteiger partial charge in [0, 0.05) is 12.6 Å². The van der Waals surface area contributed by atoms with Crippen molar-refractivity contribution in [2.45, 2.75) is 25.3 Å². The summed E-state index contributed by atoms with van der Waals surface area (Å²) in [7, 11) is 0. The summed E-state index contributed by atoms with van der Waals surface area (Å²) in [5.74, 6) is 0.141. The summed E-state index contributed by atoms with van der Waals surface area (Å²) in [4.78, 5) is 15.3. The van der Waals surface area contributed by atoms with Crippen LogP contribution in [0.3, 0.4) is 0 Å². The van der Waals surface area contributed by atoms with E-state index in [1.807, 2.05) is 18.2 Å². The van der Waals surface area contributed by atoms with Crippen LogP contribution in [-0.4, -0.2) is 10.9 Å². The number of hydrogen-bond donors (Lipinski definition) is 1. The highest BCUT2D eigenvalue weighted by atomic mass is 16.1. The predicted octanol–water partition coefficient (Wildman–Crippen LogP) is 1.42. The highest BCUT2D eigenvalue weighted by Crippen LogP contribution is 2.20. The van der Waals surface area contributed by atoms with Gasteiger partial charge in [-0.1, -0.05) is 6.07 Å². The smallest absolute Gasteiger partial charge is 0.220 e. The first-order chi connectivity index (χ1) is 6.36. The molecular formula is C10H12N2O. The molecule has 1 aliphatic heterocycles. The first kappa shape index (κ1) is 8.23. The van der Waals surface area contributed by atoms with Crippen LogP contribution < -0.4 is 5.32 Å². The van der Waals surface area contributed by atoms with Crippen LogP contribution in [0, 0.1) is 0 Å². The number of pyridine rings is 1.